The van der Waals surface area contributed by atoms with E-state index in [1.165, 1.54) is 19.2 Å². The van der Waals surface area contributed by atoms with Gasteiger partial charge in [-0.2, -0.15) is 0 Å². The van der Waals surface area contributed by atoms with E-state index in [0.717, 1.165) is 30.6 Å². The van der Waals surface area contributed by atoms with Crippen molar-refractivity contribution in [3.8, 4) is 0 Å². The van der Waals surface area contributed by atoms with E-state index in [2.05, 4.69) is 15.3 Å². The summed E-state index contributed by atoms with van der Waals surface area (Å²) in [5, 5.41) is 13.4. The molecule has 100 valence electrons. The molecule has 1 aliphatic carbocycles. The van der Waals surface area contributed by atoms with Crippen molar-refractivity contribution < 1.29 is 5.11 Å². The monoisotopic (exact) mass is 269 g/mol. The summed E-state index contributed by atoms with van der Waals surface area (Å²) in [4.78, 5) is 8.29. The first-order valence-electron chi connectivity index (χ1n) is 6.63. The maximum absolute atomic E-state index is 9.42. The third-order valence-corrected chi connectivity index (χ3v) is 4.04. The van der Waals surface area contributed by atoms with Crippen LogP contribution in [0, 0.1) is 5.92 Å². The Bertz CT molecular complexity index is 400. The lowest BCUT2D eigenvalue weighted by atomic mass is 9.85. The molecule has 1 aromatic rings. The molecule has 0 amide bonds. The molecule has 18 heavy (non-hydrogen) atoms. The van der Waals surface area contributed by atoms with Gasteiger partial charge in [-0.3, -0.25) is 0 Å². The lowest BCUT2D eigenvalue weighted by molar-refractivity contribution is 0.178. The molecule has 0 radical (unpaired) electrons. The van der Waals surface area contributed by atoms with Crippen LogP contribution < -0.4 is 5.32 Å². The molecule has 2 N–H and O–H groups in total. The summed E-state index contributed by atoms with van der Waals surface area (Å²) >= 11 is 6.08. The van der Waals surface area contributed by atoms with Gasteiger partial charge >= 0.3 is 0 Å². The van der Waals surface area contributed by atoms with Gasteiger partial charge in [-0.05, 0) is 19.3 Å². The summed E-state index contributed by atoms with van der Waals surface area (Å²) in [5.74, 6) is 1.14. The largest absolute Gasteiger partial charge is 0.396 e. The van der Waals surface area contributed by atoms with Crippen LogP contribution in [0.2, 0.25) is 5.15 Å². The molecule has 1 saturated carbocycles. The van der Waals surface area contributed by atoms with Gasteiger partial charge in [0.05, 0.1) is 0 Å². The van der Waals surface area contributed by atoms with Gasteiger partial charge in [-0.15, -0.1) is 0 Å². The van der Waals surface area contributed by atoms with Crippen molar-refractivity contribution >= 4 is 17.4 Å². The molecule has 0 saturated heterocycles. The Kier molecular flexibility index (Phi) is 4.78. The maximum atomic E-state index is 9.42. The first-order chi connectivity index (χ1) is 8.76. The molecule has 1 aliphatic rings. The van der Waals surface area contributed by atoms with E-state index in [9.17, 15) is 5.11 Å². The van der Waals surface area contributed by atoms with Crippen LogP contribution in [0.25, 0.3) is 0 Å². The van der Waals surface area contributed by atoms with Crippen LogP contribution in [0.1, 0.15) is 38.2 Å². The molecule has 0 aromatic carbocycles. The van der Waals surface area contributed by atoms with Gasteiger partial charge in [0, 0.05) is 24.1 Å². The smallest absolute Gasteiger partial charge is 0.137 e. The van der Waals surface area contributed by atoms with Crippen molar-refractivity contribution in [3.05, 3.63) is 17.0 Å². The first-order valence-corrected chi connectivity index (χ1v) is 7.00. The SMILES string of the molecule is CCc1c(Cl)ncnc1NC1CCCCC1CO. The van der Waals surface area contributed by atoms with Crippen molar-refractivity contribution in [2.24, 2.45) is 5.92 Å². The summed E-state index contributed by atoms with van der Waals surface area (Å²) in [6, 6.07) is 0.292. The lowest BCUT2D eigenvalue weighted by Gasteiger charge is -2.31. The zero-order chi connectivity index (χ0) is 13.0. The second kappa shape index (κ2) is 6.34. The van der Waals surface area contributed by atoms with Gasteiger partial charge in [0.25, 0.3) is 0 Å². The normalized spacial score (nSPS) is 23.9. The van der Waals surface area contributed by atoms with E-state index in [1.807, 2.05) is 6.92 Å². The Morgan fingerprint density at radius 3 is 2.89 bits per heavy atom. The van der Waals surface area contributed by atoms with Crippen LogP contribution in [-0.2, 0) is 6.42 Å². The summed E-state index contributed by atoms with van der Waals surface area (Å²) in [5.41, 5.74) is 0.960. The van der Waals surface area contributed by atoms with E-state index in [1.54, 1.807) is 0 Å². The van der Waals surface area contributed by atoms with E-state index >= 15 is 0 Å². The fraction of sp³-hybridized carbons (Fsp3) is 0.692. The zero-order valence-corrected chi connectivity index (χ0v) is 11.5. The van der Waals surface area contributed by atoms with Gasteiger partial charge < -0.3 is 10.4 Å². The third-order valence-electron chi connectivity index (χ3n) is 3.71. The minimum absolute atomic E-state index is 0.234. The van der Waals surface area contributed by atoms with Crippen LogP contribution in [0.15, 0.2) is 6.33 Å². The number of nitrogens with zero attached hydrogens (tertiary/aromatic N) is 2. The van der Waals surface area contributed by atoms with Gasteiger partial charge in [0.2, 0.25) is 0 Å². The standard InChI is InChI=1S/C13H20ClN3O/c1-2-10-12(14)15-8-16-13(10)17-11-6-4-3-5-9(11)7-18/h8-9,11,18H,2-7H2,1H3,(H,15,16,17). The number of halogens is 1. The molecular weight excluding hydrogens is 250 g/mol. The highest BCUT2D eigenvalue weighted by molar-refractivity contribution is 6.30. The molecule has 2 rings (SSSR count). The summed E-state index contributed by atoms with van der Waals surface area (Å²) < 4.78 is 0. The minimum atomic E-state index is 0.234. The third kappa shape index (κ3) is 2.93. The fourth-order valence-corrected chi connectivity index (χ4v) is 2.89. The first kappa shape index (κ1) is 13.6. The maximum Gasteiger partial charge on any atom is 0.137 e. The topological polar surface area (TPSA) is 58.0 Å². The van der Waals surface area contributed by atoms with Gasteiger partial charge in [0.15, 0.2) is 0 Å². The Morgan fingerprint density at radius 1 is 1.39 bits per heavy atom. The number of hydrogen-bond donors (Lipinski definition) is 2. The van der Waals surface area contributed by atoms with Crippen LogP contribution in [0.5, 0.6) is 0 Å². The van der Waals surface area contributed by atoms with Crippen molar-refractivity contribution in [1.82, 2.24) is 9.97 Å². The predicted octanol–water partition coefficient (Wildman–Crippen LogP) is 2.66. The second-order valence-electron chi connectivity index (χ2n) is 4.82. The highest BCUT2D eigenvalue weighted by Gasteiger charge is 2.25. The minimum Gasteiger partial charge on any atom is -0.396 e. The molecule has 2 atom stereocenters. The number of anilines is 1. The van der Waals surface area contributed by atoms with Crippen molar-refractivity contribution in [3.63, 3.8) is 0 Å². The molecule has 0 bridgehead atoms. The molecule has 4 nitrogen and oxygen atoms in total. The van der Waals surface area contributed by atoms with Gasteiger partial charge in [0.1, 0.15) is 17.3 Å². The molecule has 2 unspecified atom stereocenters. The highest BCUT2D eigenvalue weighted by Crippen LogP contribution is 2.28. The van der Waals surface area contributed by atoms with E-state index < -0.39 is 0 Å². The number of rotatable bonds is 4. The number of aliphatic hydroxyl groups excluding tert-OH is 1. The number of aliphatic hydroxyl groups is 1. The molecule has 0 spiro atoms. The Morgan fingerprint density at radius 2 is 2.17 bits per heavy atom. The predicted molar refractivity (Wildman–Crippen MR) is 72.9 cm³/mol. The summed E-state index contributed by atoms with van der Waals surface area (Å²) in [6.45, 7) is 2.28. The average molecular weight is 270 g/mol. The zero-order valence-electron chi connectivity index (χ0n) is 10.7. The van der Waals surface area contributed by atoms with Crippen molar-refractivity contribution in [2.45, 2.75) is 45.1 Å². The molecule has 1 aromatic heterocycles. The Hall–Kier alpha value is -0.870. The van der Waals surface area contributed by atoms with Crippen molar-refractivity contribution in [2.75, 3.05) is 11.9 Å². The van der Waals surface area contributed by atoms with E-state index in [-0.39, 0.29) is 6.61 Å². The van der Waals surface area contributed by atoms with E-state index in [4.69, 9.17) is 11.6 Å². The number of nitrogens with one attached hydrogen (secondary N) is 1. The van der Waals surface area contributed by atoms with E-state index in [0.29, 0.717) is 17.1 Å². The van der Waals surface area contributed by atoms with Gasteiger partial charge in [-0.25, -0.2) is 9.97 Å². The van der Waals surface area contributed by atoms with Crippen molar-refractivity contribution in [1.29, 1.82) is 0 Å². The fourth-order valence-electron chi connectivity index (χ4n) is 2.62. The van der Waals surface area contributed by atoms with Crippen LogP contribution in [0.4, 0.5) is 5.82 Å². The number of hydrogen-bond acceptors (Lipinski definition) is 4. The molecular formula is C13H20ClN3O. The quantitative estimate of drug-likeness (QED) is 0.825. The Labute approximate surface area is 113 Å². The summed E-state index contributed by atoms with van der Waals surface area (Å²) in [6.07, 6.45) is 6.85. The average Bonchev–Trinajstić information content (AvgIpc) is 2.40. The molecule has 5 heteroatoms. The van der Waals surface area contributed by atoms with Gasteiger partial charge in [-0.1, -0.05) is 31.4 Å². The molecule has 0 aliphatic heterocycles. The molecule has 1 fully saturated rings. The lowest BCUT2D eigenvalue weighted by Crippen LogP contribution is -2.35. The van der Waals surface area contributed by atoms with Crippen LogP contribution >= 0.6 is 11.6 Å². The summed E-state index contributed by atoms with van der Waals surface area (Å²) in [7, 11) is 0. The van der Waals surface area contributed by atoms with Crippen LogP contribution in [-0.4, -0.2) is 27.7 Å². The van der Waals surface area contributed by atoms with Crippen LogP contribution in [0.3, 0.4) is 0 Å². The Balaban J connectivity index is 2.15. The highest BCUT2D eigenvalue weighted by atomic mass is 35.5. The second-order valence-corrected chi connectivity index (χ2v) is 5.18. The number of aromatic nitrogens is 2. The molecule has 1 heterocycles.